The Balaban J connectivity index is 1.97. The van der Waals surface area contributed by atoms with Crippen molar-refractivity contribution in [1.82, 2.24) is 0 Å². The number of carbonyl (C=O) groups is 1. The first-order valence-corrected chi connectivity index (χ1v) is 7.44. The number of rotatable bonds is 3. The summed E-state index contributed by atoms with van der Waals surface area (Å²) in [5, 5.41) is 0. The minimum absolute atomic E-state index is 0.0776. The molecule has 0 amide bonds. The van der Waals surface area contributed by atoms with Crippen molar-refractivity contribution in [2.45, 2.75) is 82.8 Å². The predicted octanol–water partition coefficient (Wildman–Crippen LogP) is 4.21. The van der Waals surface area contributed by atoms with Gasteiger partial charge in [-0.25, -0.2) is 0 Å². The van der Waals surface area contributed by atoms with E-state index >= 15 is 0 Å². The minimum atomic E-state index is -0.0776. The maximum Gasteiger partial charge on any atom is 0.367 e. The van der Waals surface area contributed by atoms with Crippen molar-refractivity contribution in [3.05, 3.63) is 0 Å². The summed E-state index contributed by atoms with van der Waals surface area (Å²) in [4.78, 5) is 11.3. The number of carbonyl (C=O) groups excluding carboxylic acids is 1. The van der Waals surface area contributed by atoms with Gasteiger partial charge >= 0.3 is 6.92 Å². The van der Waals surface area contributed by atoms with Crippen LogP contribution in [0.4, 0.5) is 0 Å². The van der Waals surface area contributed by atoms with E-state index in [1.165, 1.54) is 64.2 Å². The van der Waals surface area contributed by atoms with Crippen molar-refractivity contribution >= 4 is 12.9 Å². The second-order valence-electron chi connectivity index (χ2n) is 5.87. The van der Waals surface area contributed by atoms with E-state index in [4.69, 9.17) is 4.65 Å². The topological polar surface area (TPSA) is 26.3 Å². The van der Waals surface area contributed by atoms with Gasteiger partial charge in [0.1, 0.15) is 0 Å². The van der Waals surface area contributed by atoms with Crippen LogP contribution in [0.1, 0.15) is 71.1 Å². The van der Waals surface area contributed by atoms with E-state index < -0.39 is 0 Å². The first-order chi connectivity index (χ1) is 8.27. The molecule has 0 bridgehead atoms. The second kappa shape index (κ2) is 6.46. The molecule has 2 aliphatic rings. The SMILES string of the molecule is CC(=O)OB(C1CCCCC1)C1CCCCC1. The molecule has 2 nitrogen and oxygen atoms in total. The quantitative estimate of drug-likeness (QED) is 0.686. The summed E-state index contributed by atoms with van der Waals surface area (Å²) >= 11 is 0. The molecule has 0 radical (unpaired) electrons. The Kier molecular flexibility index (Phi) is 4.93. The summed E-state index contributed by atoms with van der Waals surface area (Å²) in [6.07, 6.45) is 13.1. The maximum atomic E-state index is 11.3. The number of hydrogen-bond acceptors (Lipinski definition) is 2. The molecule has 2 rings (SSSR count). The average Bonchev–Trinajstić information content (AvgIpc) is 2.38. The molecule has 0 atom stereocenters. The third-order valence-electron chi connectivity index (χ3n) is 4.53. The molecule has 0 heterocycles. The molecule has 0 aliphatic heterocycles. The van der Waals surface area contributed by atoms with E-state index in [0.717, 1.165) is 0 Å². The lowest BCUT2D eigenvalue weighted by Gasteiger charge is -2.33. The van der Waals surface area contributed by atoms with Gasteiger partial charge in [-0.1, -0.05) is 64.2 Å². The zero-order valence-electron chi connectivity index (χ0n) is 11.1. The van der Waals surface area contributed by atoms with Gasteiger partial charge < -0.3 is 4.65 Å². The average molecular weight is 236 g/mol. The van der Waals surface area contributed by atoms with Gasteiger partial charge in [0.15, 0.2) is 0 Å². The Morgan fingerprint density at radius 1 is 0.882 bits per heavy atom. The van der Waals surface area contributed by atoms with Gasteiger partial charge in [-0.15, -0.1) is 0 Å². The normalized spacial score (nSPS) is 23.4. The minimum Gasteiger partial charge on any atom is -0.536 e. The zero-order chi connectivity index (χ0) is 12.1. The van der Waals surface area contributed by atoms with Crippen molar-refractivity contribution in [2.24, 2.45) is 0 Å². The van der Waals surface area contributed by atoms with Crippen molar-refractivity contribution < 1.29 is 9.45 Å². The predicted molar refractivity (Wildman–Crippen MR) is 71.2 cm³/mol. The van der Waals surface area contributed by atoms with E-state index in [1.54, 1.807) is 6.92 Å². The molecule has 0 N–H and O–H groups in total. The molecule has 0 saturated heterocycles. The first-order valence-electron chi connectivity index (χ1n) is 7.44. The van der Waals surface area contributed by atoms with Crippen LogP contribution in [0.15, 0.2) is 0 Å². The molecule has 17 heavy (non-hydrogen) atoms. The third kappa shape index (κ3) is 3.75. The molecule has 0 spiro atoms. The van der Waals surface area contributed by atoms with Crippen LogP contribution in [0, 0.1) is 0 Å². The molecule has 0 aromatic carbocycles. The van der Waals surface area contributed by atoms with Crippen LogP contribution in [0.25, 0.3) is 0 Å². The van der Waals surface area contributed by atoms with Crippen LogP contribution < -0.4 is 0 Å². The van der Waals surface area contributed by atoms with Crippen LogP contribution in [0.3, 0.4) is 0 Å². The first kappa shape index (κ1) is 13.0. The Morgan fingerprint density at radius 2 is 1.29 bits per heavy atom. The summed E-state index contributed by atoms with van der Waals surface area (Å²) in [5.74, 6) is 1.22. The molecule has 2 fully saturated rings. The number of hydrogen-bond donors (Lipinski definition) is 0. The monoisotopic (exact) mass is 236 g/mol. The van der Waals surface area contributed by atoms with Gasteiger partial charge in [0.25, 0.3) is 5.97 Å². The van der Waals surface area contributed by atoms with Crippen LogP contribution in [-0.2, 0) is 9.45 Å². The molecule has 3 heteroatoms. The largest absolute Gasteiger partial charge is 0.536 e. The molecule has 96 valence electrons. The van der Waals surface area contributed by atoms with E-state index in [0.29, 0.717) is 11.6 Å². The van der Waals surface area contributed by atoms with Crippen LogP contribution >= 0.6 is 0 Å². The highest BCUT2D eigenvalue weighted by Crippen LogP contribution is 2.41. The highest BCUT2D eigenvalue weighted by atomic mass is 16.5. The van der Waals surface area contributed by atoms with Crippen LogP contribution in [-0.4, -0.2) is 12.9 Å². The molecule has 2 aliphatic carbocycles. The molecule has 0 unspecified atom stereocenters. The maximum absolute atomic E-state index is 11.3. The van der Waals surface area contributed by atoms with Gasteiger partial charge in [0, 0.05) is 6.92 Å². The van der Waals surface area contributed by atoms with E-state index in [-0.39, 0.29) is 12.9 Å². The van der Waals surface area contributed by atoms with Crippen molar-refractivity contribution in [3.63, 3.8) is 0 Å². The summed E-state index contributed by atoms with van der Waals surface area (Å²) in [7, 11) is 0. The van der Waals surface area contributed by atoms with Gasteiger partial charge in [-0.2, -0.15) is 0 Å². The Morgan fingerprint density at radius 3 is 1.65 bits per heavy atom. The molecular weight excluding hydrogens is 211 g/mol. The molecule has 0 aromatic rings. The summed E-state index contributed by atoms with van der Waals surface area (Å²) in [6.45, 7) is 1.80. The van der Waals surface area contributed by atoms with Crippen LogP contribution in [0.2, 0.25) is 11.6 Å². The lowest BCUT2D eigenvalue weighted by atomic mass is 9.42. The lowest BCUT2D eigenvalue weighted by Crippen LogP contribution is -2.34. The van der Waals surface area contributed by atoms with Gasteiger partial charge in [-0.3, -0.25) is 4.79 Å². The smallest absolute Gasteiger partial charge is 0.367 e. The zero-order valence-corrected chi connectivity index (χ0v) is 11.1. The fourth-order valence-corrected chi connectivity index (χ4v) is 3.69. The van der Waals surface area contributed by atoms with Gasteiger partial charge in [-0.05, 0) is 11.6 Å². The van der Waals surface area contributed by atoms with Gasteiger partial charge in [0.05, 0.1) is 0 Å². The highest BCUT2D eigenvalue weighted by Gasteiger charge is 2.38. The standard InChI is InChI=1S/C14H25BO2/c1-12(16)17-15(13-8-4-2-5-9-13)14-10-6-3-7-11-14/h13-14H,2-11H2,1H3. The van der Waals surface area contributed by atoms with E-state index in [9.17, 15) is 4.79 Å². The van der Waals surface area contributed by atoms with Crippen molar-refractivity contribution in [1.29, 1.82) is 0 Å². The van der Waals surface area contributed by atoms with Crippen molar-refractivity contribution in [2.75, 3.05) is 0 Å². The summed E-state index contributed by atoms with van der Waals surface area (Å²) < 4.78 is 5.69. The third-order valence-corrected chi connectivity index (χ3v) is 4.53. The molecule has 0 aromatic heterocycles. The Labute approximate surface area is 106 Å². The molecular formula is C14H25BO2. The van der Waals surface area contributed by atoms with E-state index in [2.05, 4.69) is 0 Å². The highest BCUT2D eigenvalue weighted by molar-refractivity contribution is 6.57. The fraction of sp³-hybridized carbons (Fsp3) is 0.929. The second-order valence-corrected chi connectivity index (χ2v) is 5.87. The Bertz CT molecular complexity index is 225. The summed E-state index contributed by atoms with van der Waals surface area (Å²) in [6, 6.07) is 0. The lowest BCUT2D eigenvalue weighted by molar-refractivity contribution is -0.132. The van der Waals surface area contributed by atoms with Crippen LogP contribution in [0.5, 0.6) is 0 Å². The van der Waals surface area contributed by atoms with E-state index in [1.807, 2.05) is 0 Å². The van der Waals surface area contributed by atoms with Crippen molar-refractivity contribution in [3.8, 4) is 0 Å². The van der Waals surface area contributed by atoms with Gasteiger partial charge in [0.2, 0.25) is 0 Å². The fourth-order valence-electron chi connectivity index (χ4n) is 3.69. The Hall–Kier alpha value is -0.465. The molecule has 2 saturated carbocycles. The summed E-state index contributed by atoms with van der Waals surface area (Å²) in [5.41, 5.74) is 0.